The molecule has 4 heteroatoms. The van der Waals surface area contributed by atoms with Crippen LogP contribution in [0, 0.1) is 0 Å². The van der Waals surface area contributed by atoms with E-state index in [0.717, 1.165) is 5.56 Å². The van der Waals surface area contributed by atoms with Crippen LogP contribution in [0.4, 0.5) is 0 Å². The monoisotopic (exact) mass is 342 g/mol. The minimum atomic E-state index is 0.0425. The molecule has 0 atom stereocenters. The number of Topliss-reactive ketones (excluding diaryl/α,β-unsaturated/α-hetero) is 1. The fourth-order valence-electron chi connectivity index (χ4n) is 1.60. The predicted octanol–water partition coefficient (Wildman–Crippen LogP) is 5.18. The molecule has 0 aromatic heterocycles. The van der Waals surface area contributed by atoms with Gasteiger partial charge in [0.1, 0.15) is 0 Å². The highest BCUT2D eigenvalue weighted by Crippen LogP contribution is 2.23. The highest BCUT2D eigenvalue weighted by molar-refractivity contribution is 9.10. The molecular weight excluding hydrogens is 335 g/mol. The van der Waals surface area contributed by atoms with E-state index in [2.05, 4.69) is 15.9 Å². The van der Waals surface area contributed by atoms with E-state index in [1.807, 2.05) is 12.1 Å². The van der Waals surface area contributed by atoms with Crippen LogP contribution in [0.5, 0.6) is 0 Å². The number of halogens is 3. The molecule has 0 amide bonds. The summed E-state index contributed by atoms with van der Waals surface area (Å²) in [6.45, 7) is 0. The van der Waals surface area contributed by atoms with Gasteiger partial charge in [-0.15, -0.1) is 0 Å². The number of hydrogen-bond donors (Lipinski definition) is 0. The van der Waals surface area contributed by atoms with E-state index < -0.39 is 0 Å². The zero-order valence-electron chi connectivity index (χ0n) is 9.29. The average Bonchev–Trinajstić information content (AvgIpc) is 2.32. The largest absolute Gasteiger partial charge is 0.294 e. The van der Waals surface area contributed by atoms with Gasteiger partial charge in [-0.2, -0.15) is 0 Å². The summed E-state index contributed by atoms with van der Waals surface area (Å²) in [6, 6.07) is 12.4. The van der Waals surface area contributed by atoms with Gasteiger partial charge >= 0.3 is 0 Å². The van der Waals surface area contributed by atoms with Crippen LogP contribution in [-0.4, -0.2) is 5.78 Å². The van der Waals surface area contributed by atoms with Crippen molar-refractivity contribution < 1.29 is 4.79 Å². The van der Waals surface area contributed by atoms with Crippen molar-refractivity contribution >= 4 is 44.9 Å². The van der Waals surface area contributed by atoms with E-state index in [-0.39, 0.29) is 5.78 Å². The molecule has 0 fully saturated rings. The number of ketones is 1. The summed E-state index contributed by atoms with van der Waals surface area (Å²) in [4.78, 5) is 12.1. The van der Waals surface area contributed by atoms with E-state index in [4.69, 9.17) is 23.2 Å². The second-order valence-electron chi connectivity index (χ2n) is 3.85. The van der Waals surface area contributed by atoms with Crippen molar-refractivity contribution in [2.75, 3.05) is 0 Å². The van der Waals surface area contributed by atoms with Crippen molar-refractivity contribution in [1.82, 2.24) is 0 Å². The molecule has 0 N–H and O–H groups in total. The average molecular weight is 344 g/mol. The zero-order chi connectivity index (χ0) is 13.1. The third-order valence-corrected chi connectivity index (χ3v) is 3.65. The molecule has 0 unspecified atom stereocenters. The van der Waals surface area contributed by atoms with Crippen molar-refractivity contribution in [2.45, 2.75) is 6.42 Å². The Kier molecular flexibility index (Phi) is 4.44. The Morgan fingerprint density at radius 2 is 1.61 bits per heavy atom. The quantitative estimate of drug-likeness (QED) is 0.701. The van der Waals surface area contributed by atoms with Crippen molar-refractivity contribution in [3.05, 3.63) is 68.1 Å². The van der Waals surface area contributed by atoms with Gasteiger partial charge < -0.3 is 0 Å². The first kappa shape index (κ1) is 13.6. The second-order valence-corrected chi connectivity index (χ2v) is 5.58. The molecule has 0 saturated carbocycles. The van der Waals surface area contributed by atoms with Gasteiger partial charge in [0, 0.05) is 26.5 Å². The molecule has 0 aliphatic carbocycles. The lowest BCUT2D eigenvalue weighted by Gasteiger charge is -2.04. The Labute approximate surface area is 124 Å². The van der Waals surface area contributed by atoms with Crippen LogP contribution in [0.15, 0.2) is 46.9 Å². The maximum Gasteiger partial charge on any atom is 0.168 e. The van der Waals surface area contributed by atoms with E-state index in [9.17, 15) is 4.79 Å². The summed E-state index contributed by atoms with van der Waals surface area (Å²) in [5, 5.41) is 1.27. The Morgan fingerprint density at radius 3 is 2.22 bits per heavy atom. The molecule has 0 bridgehead atoms. The summed E-state index contributed by atoms with van der Waals surface area (Å²) >= 11 is 15.0. The molecule has 0 radical (unpaired) electrons. The molecule has 92 valence electrons. The summed E-state index contributed by atoms with van der Waals surface area (Å²) in [5.74, 6) is 0.0425. The topological polar surface area (TPSA) is 17.1 Å². The lowest BCUT2D eigenvalue weighted by Crippen LogP contribution is -2.04. The van der Waals surface area contributed by atoms with Crippen LogP contribution in [0.2, 0.25) is 10.0 Å². The Balaban J connectivity index is 2.19. The van der Waals surface area contributed by atoms with Crippen molar-refractivity contribution in [3.63, 3.8) is 0 Å². The number of benzene rings is 2. The van der Waals surface area contributed by atoms with Crippen molar-refractivity contribution in [1.29, 1.82) is 0 Å². The number of hydrogen-bond acceptors (Lipinski definition) is 1. The number of carbonyl (C=O) groups excluding carboxylic acids is 1. The Morgan fingerprint density at radius 1 is 1.00 bits per heavy atom. The zero-order valence-corrected chi connectivity index (χ0v) is 12.4. The first-order valence-corrected chi connectivity index (χ1v) is 6.84. The highest BCUT2D eigenvalue weighted by atomic mass is 79.9. The van der Waals surface area contributed by atoms with Gasteiger partial charge in [-0.05, 0) is 51.8 Å². The lowest BCUT2D eigenvalue weighted by molar-refractivity contribution is 0.0992. The van der Waals surface area contributed by atoms with Crippen molar-refractivity contribution in [2.24, 2.45) is 0 Å². The first-order chi connectivity index (χ1) is 8.56. The van der Waals surface area contributed by atoms with Gasteiger partial charge in [-0.25, -0.2) is 0 Å². The molecule has 2 rings (SSSR count). The van der Waals surface area contributed by atoms with Gasteiger partial charge in [0.05, 0.1) is 0 Å². The Bertz CT molecular complexity index is 579. The van der Waals surface area contributed by atoms with Crippen molar-refractivity contribution in [3.8, 4) is 0 Å². The molecule has 2 aromatic carbocycles. The van der Waals surface area contributed by atoms with E-state index in [0.29, 0.717) is 26.5 Å². The fraction of sp³-hybridized carbons (Fsp3) is 0.0714. The maximum absolute atomic E-state index is 12.1. The van der Waals surface area contributed by atoms with E-state index >= 15 is 0 Å². The van der Waals surface area contributed by atoms with Gasteiger partial charge in [-0.3, -0.25) is 4.79 Å². The first-order valence-electron chi connectivity index (χ1n) is 5.29. The minimum absolute atomic E-state index is 0.0425. The molecule has 0 saturated heterocycles. The lowest BCUT2D eigenvalue weighted by atomic mass is 10.0. The summed E-state index contributed by atoms with van der Waals surface area (Å²) < 4.78 is 0.717. The van der Waals surface area contributed by atoms with E-state index in [1.165, 1.54) is 0 Å². The molecule has 0 heterocycles. The third-order valence-electron chi connectivity index (χ3n) is 2.51. The van der Waals surface area contributed by atoms with Crippen LogP contribution in [-0.2, 0) is 6.42 Å². The van der Waals surface area contributed by atoms with Gasteiger partial charge in [0.15, 0.2) is 5.78 Å². The second kappa shape index (κ2) is 5.87. The maximum atomic E-state index is 12.1. The van der Waals surface area contributed by atoms with Crippen LogP contribution in [0.1, 0.15) is 15.9 Å². The molecule has 2 aromatic rings. The SMILES string of the molecule is O=C(Cc1ccc(Cl)cc1)c1ccc(Cl)cc1Br. The standard InChI is InChI=1S/C14H9BrCl2O/c15-13-8-11(17)5-6-12(13)14(18)7-9-1-3-10(16)4-2-9/h1-6,8H,7H2. The summed E-state index contributed by atoms with van der Waals surface area (Å²) in [6.07, 6.45) is 0.345. The summed E-state index contributed by atoms with van der Waals surface area (Å²) in [7, 11) is 0. The molecule has 18 heavy (non-hydrogen) atoms. The molecule has 0 spiro atoms. The van der Waals surface area contributed by atoms with E-state index in [1.54, 1.807) is 30.3 Å². The van der Waals surface area contributed by atoms with Crippen LogP contribution < -0.4 is 0 Å². The van der Waals surface area contributed by atoms with Gasteiger partial charge in [0.2, 0.25) is 0 Å². The number of rotatable bonds is 3. The minimum Gasteiger partial charge on any atom is -0.294 e. The normalized spacial score (nSPS) is 10.4. The molecular formula is C14H9BrCl2O. The Hall–Kier alpha value is -0.830. The van der Waals surface area contributed by atoms with Gasteiger partial charge in [-0.1, -0.05) is 35.3 Å². The van der Waals surface area contributed by atoms with Crippen LogP contribution in [0.3, 0.4) is 0 Å². The van der Waals surface area contributed by atoms with Crippen LogP contribution in [0.25, 0.3) is 0 Å². The molecule has 0 aliphatic rings. The molecule has 1 nitrogen and oxygen atoms in total. The number of carbonyl (C=O) groups is 1. The smallest absolute Gasteiger partial charge is 0.168 e. The summed E-state index contributed by atoms with van der Waals surface area (Å²) in [5.41, 5.74) is 1.57. The highest BCUT2D eigenvalue weighted by Gasteiger charge is 2.11. The predicted molar refractivity (Wildman–Crippen MR) is 78.6 cm³/mol. The third kappa shape index (κ3) is 3.35. The molecule has 0 aliphatic heterocycles. The van der Waals surface area contributed by atoms with Crippen LogP contribution >= 0.6 is 39.1 Å². The fourth-order valence-corrected chi connectivity index (χ4v) is 2.63. The van der Waals surface area contributed by atoms with Gasteiger partial charge in [0.25, 0.3) is 0 Å².